The van der Waals surface area contributed by atoms with Crippen LogP contribution in [0.5, 0.6) is 5.75 Å². The number of alkyl halides is 3. The molecule has 0 spiro atoms. The Labute approximate surface area is 149 Å². The fourth-order valence-corrected chi connectivity index (χ4v) is 2.34. The van der Waals surface area contributed by atoms with Crippen LogP contribution in [0.4, 0.5) is 13.2 Å². The third-order valence-electron chi connectivity index (χ3n) is 3.42. The van der Waals surface area contributed by atoms with Gasteiger partial charge in [0.2, 0.25) is 6.10 Å². The molecule has 0 amide bonds. The fraction of sp³-hybridized carbons (Fsp3) is 0.400. The second-order valence-electron chi connectivity index (χ2n) is 4.82. The normalized spacial score (nSPS) is 17.0. The zero-order valence-electron chi connectivity index (χ0n) is 13.6. The number of aliphatic carboxylic acids is 1. The molecule has 1 aliphatic rings. The summed E-state index contributed by atoms with van der Waals surface area (Å²) in [4.78, 5) is 11.1. The Balaban J connectivity index is 0.00000242. The average Bonchev–Trinajstić information content (AvgIpc) is 2.43. The van der Waals surface area contributed by atoms with Gasteiger partial charge in [0.15, 0.2) is 0 Å². The van der Waals surface area contributed by atoms with E-state index in [1.54, 1.807) is 12.1 Å². The molecule has 0 bridgehead atoms. The molecule has 1 N–H and O–H groups in total. The SMILES string of the molecule is CCc1cc2c(c(CC)c1)OC(C(F)(F)F)C(C(=O)O)=C2.[H-].[Na+]. The summed E-state index contributed by atoms with van der Waals surface area (Å²) < 4.78 is 44.0. The Hall–Kier alpha value is -0.980. The Morgan fingerprint density at radius 1 is 1.32 bits per heavy atom. The van der Waals surface area contributed by atoms with Crippen molar-refractivity contribution in [3.05, 3.63) is 34.4 Å². The van der Waals surface area contributed by atoms with Crippen molar-refractivity contribution in [2.45, 2.75) is 39.0 Å². The van der Waals surface area contributed by atoms with E-state index >= 15 is 0 Å². The van der Waals surface area contributed by atoms with E-state index in [9.17, 15) is 18.0 Å². The van der Waals surface area contributed by atoms with Gasteiger partial charge in [0, 0.05) is 5.56 Å². The van der Waals surface area contributed by atoms with E-state index < -0.39 is 23.8 Å². The van der Waals surface area contributed by atoms with Crippen molar-refractivity contribution in [3.8, 4) is 5.75 Å². The van der Waals surface area contributed by atoms with Gasteiger partial charge in [-0.05, 0) is 36.1 Å². The first-order chi connectivity index (χ1) is 9.77. The average molecular weight is 324 g/mol. The number of halogens is 3. The maximum absolute atomic E-state index is 13.0. The number of ether oxygens (including phenoxy) is 1. The summed E-state index contributed by atoms with van der Waals surface area (Å²) in [5.74, 6) is -1.50. The molecule has 0 fully saturated rings. The molecular weight excluding hydrogens is 308 g/mol. The molecule has 22 heavy (non-hydrogen) atoms. The van der Waals surface area contributed by atoms with Gasteiger partial charge >= 0.3 is 41.7 Å². The molecule has 1 aliphatic heterocycles. The van der Waals surface area contributed by atoms with E-state index in [0.717, 1.165) is 11.6 Å². The quantitative estimate of drug-likeness (QED) is 0.834. The molecule has 1 unspecified atom stereocenters. The maximum Gasteiger partial charge on any atom is 1.00 e. The molecule has 0 aliphatic carbocycles. The number of carboxylic acids is 1. The number of fused-ring (bicyclic) bond motifs is 1. The minimum absolute atomic E-state index is 0. The third kappa shape index (κ3) is 3.67. The zero-order chi connectivity index (χ0) is 15.8. The van der Waals surface area contributed by atoms with Crippen LogP contribution in [0.25, 0.3) is 6.08 Å². The van der Waals surface area contributed by atoms with Gasteiger partial charge in [0.25, 0.3) is 0 Å². The van der Waals surface area contributed by atoms with Crippen molar-refractivity contribution >= 4 is 12.0 Å². The van der Waals surface area contributed by atoms with Crippen LogP contribution in [0.1, 0.15) is 32.0 Å². The van der Waals surface area contributed by atoms with Crippen molar-refractivity contribution in [2.24, 2.45) is 0 Å². The van der Waals surface area contributed by atoms with Crippen molar-refractivity contribution in [1.82, 2.24) is 0 Å². The number of hydrogen-bond acceptors (Lipinski definition) is 2. The van der Waals surface area contributed by atoms with Crippen molar-refractivity contribution in [1.29, 1.82) is 0 Å². The number of aryl methyl sites for hydroxylation is 2. The first-order valence-corrected chi connectivity index (χ1v) is 6.62. The number of rotatable bonds is 3. The monoisotopic (exact) mass is 324 g/mol. The zero-order valence-corrected chi connectivity index (χ0v) is 14.6. The van der Waals surface area contributed by atoms with Crippen LogP contribution in [0.3, 0.4) is 0 Å². The largest absolute Gasteiger partial charge is 1.00 e. The molecule has 0 saturated carbocycles. The Bertz CT molecular complexity index is 615. The summed E-state index contributed by atoms with van der Waals surface area (Å²) >= 11 is 0. The first kappa shape index (κ1) is 19.1. The first-order valence-electron chi connectivity index (χ1n) is 6.62. The van der Waals surface area contributed by atoms with Gasteiger partial charge in [0.05, 0.1) is 5.57 Å². The molecule has 1 heterocycles. The predicted molar refractivity (Wildman–Crippen MR) is 72.4 cm³/mol. The summed E-state index contributed by atoms with van der Waals surface area (Å²) in [7, 11) is 0. The summed E-state index contributed by atoms with van der Waals surface area (Å²) in [5.41, 5.74) is 1.19. The number of carboxylic acid groups (broad SMARTS) is 1. The van der Waals surface area contributed by atoms with Crippen molar-refractivity contribution < 1.29 is 58.8 Å². The Morgan fingerprint density at radius 2 is 1.95 bits per heavy atom. The van der Waals surface area contributed by atoms with Crippen LogP contribution in [-0.4, -0.2) is 23.4 Å². The van der Waals surface area contributed by atoms with E-state index in [1.807, 2.05) is 13.8 Å². The van der Waals surface area contributed by atoms with Gasteiger partial charge in [0.1, 0.15) is 5.75 Å². The van der Waals surface area contributed by atoms with Crippen LogP contribution >= 0.6 is 0 Å². The maximum atomic E-state index is 13.0. The third-order valence-corrected chi connectivity index (χ3v) is 3.42. The number of hydrogen-bond donors (Lipinski definition) is 1. The predicted octanol–water partition coefficient (Wildman–Crippen LogP) is 0.719. The van der Waals surface area contributed by atoms with Crippen molar-refractivity contribution in [2.75, 3.05) is 0 Å². The van der Waals surface area contributed by atoms with E-state index in [4.69, 9.17) is 9.84 Å². The molecule has 0 radical (unpaired) electrons. The standard InChI is InChI=1S/C15H15F3O3.Na.H/c1-3-8-5-9(4-2)12-10(6-8)7-11(14(19)20)13(21-12)15(16,17)18;;/h5-7,13H,3-4H2,1-2H3,(H,19,20);;/q;+1;-1. The molecule has 0 aromatic heterocycles. The molecular formula is C15H16F3NaO3. The van der Waals surface area contributed by atoms with Gasteiger partial charge in [-0.1, -0.05) is 19.9 Å². The van der Waals surface area contributed by atoms with Gasteiger partial charge in [-0.2, -0.15) is 13.2 Å². The van der Waals surface area contributed by atoms with Gasteiger partial charge in [-0.3, -0.25) is 0 Å². The van der Waals surface area contributed by atoms with Gasteiger partial charge in [-0.25, -0.2) is 4.79 Å². The number of benzene rings is 1. The minimum Gasteiger partial charge on any atom is -1.00 e. The molecule has 1 aromatic rings. The topological polar surface area (TPSA) is 46.5 Å². The Morgan fingerprint density at radius 3 is 2.41 bits per heavy atom. The molecule has 3 nitrogen and oxygen atoms in total. The van der Waals surface area contributed by atoms with Crippen LogP contribution in [0.15, 0.2) is 17.7 Å². The Kier molecular flexibility index (Phi) is 6.12. The van der Waals surface area contributed by atoms with Crippen molar-refractivity contribution in [3.63, 3.8) is 0 Å². The molecule has 0 saturated heterocycles. The number of carbonyl (C=O) groups is 1. The second-order valence-corrected chi connectivity index (χ2v) is 4.82. The van der Waals surface area contributed by atoms with Gasteiger partial charge < -0.3 is 11.3 Å². The summed E-state index contributed by atoms with van der Waals surface area (Å²) in [6.07, 6.45) is -4.91. The molecule has 2 rings (SSSR count). The van der Waals surface area contributed by atoms with Gasteiger partial charge in [-0.15, -0.1) is 0 Å². The minimum atomic E-state index is -4.77. The second kappa shape index (κ2) is 7.06. The summed E-state index contributed by atoms with van der Waals surface area (Å²) in [6, 6.07) is 3.47. The fourth-order valence-electron chi connectivity index (χ4n) is 2.34. The van der Waals surface area contributed by atoms with Crippen LogP contribution in [0.2, 0.25) is 0 Å². The van der Waals surface area contributed by atoms with E-state index in [-0.39, 0.29) is 36.7 Å². The smallest absolute Gasteiger partial charge is 1.00 e. The van der Waals surface area contributed by atoms with Crippen LogP contribution in [-0.2, 0) is 17.6 Å². The van der Waals surface area contributed by atoms with E-state index in [1.165, 1.54) is 0 Å². The van der Waals surface area contributed by atoms with Crippen LogP contribution < -0.4 is 34.3 Å². The molecule has 7 heteroatoms. The molecule has 116 valence electrons. The molecule has 1 atom stereocenters. The van der Waals surface area contributed by atoms with E-state index in [0.29, 0.717) is 24.0 Å². The molecule has 1 aromatic carbocycles. The van der Waals surface area contributed by atoms with E-state index in [2.05, 4.69) is 0 Å². The summed E-state index contributed by atoms with van der Waals surface area (Å²) in [5, 5.41) is 9.00. The summed E-state index contributed by atoms with van der Waals surface area (Å²) in [6.45, 7) is 3.74. The van der Waals surface area contributed by atoms with Crippen LogP contribution in [0, 0.1) is 0 Å².